The number of nitrogen functional groups attached to an aromatic ring is 1. The minimum absolute atomic E-state index is 0.0491. The molecule has 2 nitrogen and oxygen atoms in total. The van der Waals surface area contributed by atoms with Crippen molar-refractivity contribution in [1.82, 2.24) is 0 Å². The molecule has 0 aliphatic heterocycles. The van der Waals surface area contributed by atoms with Gasteiger partial charge >= 0.3 is 0 Å². The number of nitrogens with two attached hydrogens (primary N) is 1. The van der Waals surface area contributed by atoms with Gasteiger partial charge in [0.15, 0.2) is 0 Å². The van der Waals surface area contributed by atoms with Gasteiger partial charge in [-0.2, -0.15) is 0 Å². The minimum atomic E-state index is -2.54. The summed E-state index contributed by atoms with van der Waals surface area (Å²) >= 11 is 1.67. The van der Waals surface area contributed by atoms with Crippen molar-refractivity contribution < 1.29 is 8.78 Å². The zero-order chi connectivity index (χ0) is 14.8. The van der Waals surface area contributed by atoms with Crippen LogP contribution < -0.4 is 11.1 Å². The maximum atomic E-state index is 13.0. The van der Waals surface area contributed by atoms with Gasteiger partial charge < -0.3 is 11.1 Å². The summed E-state index contributed by atoms with van der Waals surface area (Å²) < 4.78 is 26.0. The van der Waals surface area contributed by atoms with E-state index >= 15 is 0 Å². The van der Waals surface area contributed by atoms with Crippen molar-refractivity contribution in [2.45, 2.75) is 25.7 Å². The summed E-state index contributed by atoms with van der Waals surface area (Å²) in [4.78, 5) is 1.22. The largest absolute Gasteiger partial charge is 0.399 e. The Kier molecular flexibility index (Phi) is 4.28. The van der Waals surface area contributed by atoms with Crippen LogP contribution in [0.4, 0.5) is 20.2 Å². The lowest BCUT2D eigenvalue weighted by molar-refractivity contribution is 0.152. The van der Waals surface area contributed by atoms with Crippen molar-refractivity contribution in [3.63, 3.8) is 0 Å². The molecule has 0 amide bonds. The van der Waals surface area contributed by atoms with E-state index in [1.807, 2.05) is 11.4 Å². The summed E-state index contributed by atoms with van der Waals surface area (Å²) in [6.07, 6.45) is -2.54. The van der Waals surface area contributed by atoms with Crippen LogP contribution in [0.3, 0.4) is 0 Å². The first-order valence-corrected chi connectivity index (χ1v) is 7.23. The summed E-state index contributed by atoms with van der Waals surface area (Å²) in [6.45, 7) is 4.76. The molecular weight excluding hydrogens is 278 g/mol. The summed E-state index contributed by atoms with van der Waals surface area (Å²) in [5.41, 5.74) is 6.19. The van der Waals surface area contributed by atoms with Gasteiger partial charge in [0.25, 0.3) is 6.43 Å². The Morgan fingerprint density at radius 2 is 2.05 bits per heavy atom. The summed E-state index contributed by atoms with van der Waals surface area (Å²) in [5.74, 6) is 0. The van der Waals surface area contributed by atoms with Gasteiger partial charge in [-0.3, -0.25) is 0 Å². The van der Waals surface area contributed by atoms with Gasteiger partial charge in [-0.05, 0) is 29.6 Å². The van der Waals surface area contributed by atoms with E-state index in [2.05, 4.69) is 25.2 Å². The van der Waals surface area contributed by atoms with Crippen LogP contribution in [0.2, 0.25) is 0 Å². The smallest absolute Gasteiger partial charge is 0.265 e. The van der Waals surface area contributed by atoms with E-state index in [9.17, 15) is 8.78 Å². The van der Waals surface area contributed by atoms with Crippen molar-refractivity contribution in [2.24, 2.45) is 0 Å². The Morgan fingerprint density at radius 3 is 2.65 bits per heavy atom. The van der Waals surface area contributed by atoms with Crippen LogP contribution in [0.25, 0.3) is 0 Å². The number of nitrogens with one attached hydrogen (secondary N) is 1. The van der Waals surface area contributed by atoms with Gasteiger partial charge in [-0.1, -0.05) is 19.9 Å². The molecule has 2 rings (SSSR count). The number of halogens is 2. The van der Waals surface area contributed by atoms with Crippen molar-refractivity contribution in [1.29, 1.82) is 0 Å². The molecule has 20 heavy (non-hydrogen) atoms. The number of anilines is 2. The second-order valence-electron chi connectivity index (χ2n) is 5.36. The molecule has 0 radical (unpaired) electrons. The standard InChI is InChI=1S/C15H18F2N2S/c1-15(2,13-4-3-7-20-13)9-19-12-6-5-10(18)8-11(12)14(16)17/h3-8,14,19H,9,18H2,1-2H3. The molecule has 1 heterocycles. The number of hydrogen-bond acceptors (Lipinski definition) is 3. The summed E-state index contributed by atoms with van der Waals surface area (Å²) in [7, 11) is 0. The first-order chi connectivity index (χ1) is 9.40. The monoisotopic (exact) mass is 296 g/mol. The van der Waals surface area contributed by atoms with Crippen LogP contribution in [0.1, 0.15) is 30.7 Å². The molecule has 1 aromatic carbocycles. The lowest BCUT2D eigenvalue weighted by Gasteiger charge is -2.25. The van der Waals surface area contributed by atoms with Crippen LogP contribution in [0.15, 0.2) is 35.7 Å². The Bertz CT molecular complexity index is 565. The normalized spacial score (nSPS) is 11.8. The van der Waals surface area contributed by atoms with E-state index in [4.69, 9.17) is 5.73 Å². The topological polar surface area (TPSA) is 38.0 Å². The molecule has 0 fully saturated rings. The Balaban J connectivity index is 2.15. The molecule has 1 aromatic heterocycles. The molecule has 0 bridgehead atoms. The molecule has 0 unspecified atom stereocenters. The van der Waals surface area contributed by atoms with Gasteiger partial charge in [-0.15, -0.1) is 11.3 Å². The van der Waals surface area contributed by atoms with Crippen molar-refractivity contribution >= 4 is 22.7 Å². The van der Waals surface area contributed by atoms with Gasteiger partial charge in [0.1, 0.15) is 0 Å². The zero-order valence-electron chi connectivity index (χ0n) is 11.5. The third-order valence-electron chi connectivity index (χ3n) is 3.22. The fourth-order valence-electron chi connectivity index (χ4n) is 1.99. The van der Waals surface area contributed by atoms with Crippen molar-refractivity contribution in [3.8, 4) is 0 Å². The molecule has 3 N–H and O–H groups in total. The van der Waals surface area contributed by atoms with Gasteiger partial charge in [0.2, 0.25) is 0 Å². The fourth-order valence-corrected chi connectivity index (χ4v) is 2.84. The predicted octanol–water partition coefficient (Wildman–Crippen LogP) is 4.66. The van der Waals surface area contributed by atoms with Crippen LogP contribution in [-0.4, -0.2) is 6.54 Å². The number of rotatable bonds is 5. The van der Waals surface area contributed by atoms with E-state index in [0.717, 1.165) is 0 Å². The van der Waals surface area contributed by atoms with Crippen LogP contribution in [0.5, 0.6) is 0 Å². The highest BCUT2D eigenvalue weighted by atomic mass is 32.1. The van der Waals surface area contributed by atoms with Crippen LogP contribution in [0, 0.1) is 0 Å². The lowest BCUT2D eigenvalue weighted by Crippen LogP contribution is -2.27. The number of alkyl halides is 2. The predicted molar refractivity (Wildman–Crippen MR) is 81.6 cm³/mol. The minimum Gasteiger partial charge on any atom is -0.399 e. The van der Waals surface area contributed by atoms with E-state index in [1.165, 1.54) is 10.9 Å². The first kappa shape index (κ1) is 14.8. The van der Waals surface area contributed by atoms with Crippen LogP contribution >= 0.6 is 11.3 Å². The number of hydrogen-bond donors (Lipinski definition) is 2. The molecule has 0 saturated carbocycles. The fraction of sp³-hybridized carbons (Fsp3) is 0.333. The van der Waals surface area contributed by atoms with E-state index < -0.39 is 6.43 Å². The van der Waals surface area contributed by atoms with E-state index in [1.54, 1.807) is 23.5 Å². The Hall–Kier alpha value is -1.62. The zero-order valence-corrected chi connectivity index (χ0v) is 12.3. The Morgan fingerprint density at radius 1 is 1.30 bits per heavy atom. The summed E-state index contributed by atoms with van der Waals surface area (Å²) in [6, 6.07) is 8.62. The highest BCUT2D eigenvalue weighted by Gasteiger charge is 2.22. The first-order valence-electron chi connectivity index (χ1n) is 6.35. The third kappa shape index (κ3) is 3.28. The lowest BCUT2D eigenvalue weighted by atomic mass is 9.91. The molecule has 5 heteroatoms. The summed E-state index contributed by atoms with van der Waals surface area (Å²) in [5, 5.41) is 5.14. The maximum Gasteiger partial charge on any atom is 0.265 e. The molecule has 0 spiro atoms. The van der Waals surface area contributed by atoms with Crippen LogP contribution in [-0.2, 0) is 5.41 Å². The van der Waals surface area contributed by atoms with Gasteiger partial charge in [-0.25, -0.2) is 8.78 Å². The molecular formula is C15H18F2N2S. The molecule has 108 valence electrons. The van der Waals surface area contributed by atoms with E-state index in [0.29, 0.717) is 17.9 Å². The molecule has 2 aromatic rings. The highest BCUT2D eigenvalue weighted by molar-refractivity contribution is 7.10. The second-order valence-corrected chi connectivity index (χ2v) is 6.31. The third-order valence-corrected chi connectivity index (χ3v) is 4.46. The number of thiophene rings is 1. The molecule has 0 aliphatic rings. The van der Waals surface area contributed by atoms with Gasteiger partial charge in [0, 0.05) is 33.8 Å². The highest BCUT2D eigenvalue weighted by Crippen LogP contribution is 2.32. The van der Waals surface area contributed by atoms with E-state index in [-0.39, 0.29) is 11.0 Å². The molecule has 0 saturated heterocycles. The Labute approximate surface area is 121 Å². The quantitative estimate of drug-likeness (QED) is 0.788. The SMILES string of the molecule is CC(C)(CNc1ccc(N)cc1C(F)F)c1cccs1. The molecule has 0 aliphatic carbocycles. The average molecular weight is 296 g/mol. The van der Waals surface area contributed by atoms with Gasteiger partial charge in [0.05, 0.1) is 0 Å². The average Bonchev–Trinajstić information content (AvgIpc) is 2.91. The number of benzene rings is 1. The second kappa shape index (κ2) is 5.79. The molecule has 0 atom stereocenters. The maximum absolute atomic E-state index is 13.0. The van der Waals surface area contributed by atoms with Crippen molar-refractivity contribution in [3.05, 3.63) is 46.2 Å². The van der Waals surface area contributed by atoms with Crippen molar-refractivity contribution in [2.75, 3.05) is 17.6 Å².